The lowest BCUT2D eigenvalue weighted by Crippen LogP contribution is -2.37. The maximum absolute atomic E-state index is 12.7. The topological polar surface area (TPSA) is 56.6 Å². The number of hydrogen-bond acceptors (Lipinski definition) is 4. The first kappa shape index (κ1) is 15.0. The van der Waals surface area contributed by atoms with Crippen LogP contribution in [0.4, 0.5) is 4.39 Å². The van der Waals surface area contributed by atoms with Gasteiger partial charge in [-0.25, -0.2) is 4.39 Å². The number of hydrogen-bond donors (Lipinski definition) is 2. The second-order valence-corrected chi connectivity index (χ2v) is 5.26. The van der Waals surface area contributed by atoms with Gasteiger partial charge in [0, 0.05) is 13.1 Å². The van der Waals surface area contributed by atoms with Crippen LogP contribution in [0.3, 0.4) is 0 Å². The van der Waals surface area contributed by atoms with Crippen LogP contribution in [0.1, 0.15) is 32.1 Å². The Hall–Kier alpha value is -1.04. The minimum absolute atomic E-state index is 0.412. The molecule has 1 aromatic heterocycles. The molecule has 5 heteroatoms. The number of nitrogens with zero attached hydrogens (tertiary/aromatic N) is 2. The minimum atomic E-state index is -0.756. The molecule has 0 aliphatic heterocycles. The molecule has 1 atom stereocenters. The maximum Gasteiger partial charge on any atom is 0.141 e. The van der Waals surface area contributed by atoms with Crippen LogP contribution in [0, 0.1) is 5.82 Å². The second-order valence-electron chi connectivity index (χ2n) is 5.26. The zero-order valence-electron chi connectivity index (χ0n) is 11.1. The van der Waals surface area contributed by atoms with Crippen LogP contribution in [-0.2, 0) is 0 Å². The van der Waals surface area contributed by atoms with Crippen LogP contribution in [0.15, 0.2) is 18.3 Å². The fraction of sp³-hybridized carbons (Fsp3) is 0.615. The normalized spacial score (nSPS) is 13.9. The summed E-state index contributed by atoms with van der Waals surface area (Å²) < 4.78 is 12.7. The second kappa shape index (κ2) is 6.22. The summed E-state index contributed by atoms with van der Waals surface area (Å²) in [5.41, 5.74) is -0.290. The van der Waals surface area contributed by atoms with Crippen molar-refractivity contribution in [3.05, 3.63) is 29.8 Å². The minimum Gasteiger partial charge on any atom is -0.389 e. The highest BCUT2D eigenvalue weighted by molar-refractivity contribution is 5.07. The SMILES string of the molecule is CN(CCC(O)c1ccc(F)cn1)CC(C)(C)O. The van der Waals surface area contributed by atoms with Gasteiger partial charge < -0.3 is 15.1 Å². The van der Waals surface area contributed by atoms with Crippen LogP contribution in [0.5, 0.6) is 0 Å². The van der Waals surface area contributed by atoms with Gasteiger partial charge in [0.2, 0.25) is 0 Å². The highest BCUT2D eigenvalue weighted by Gasteiger charge is 2.17. The molecule has 1 aromatic rings. The van der Waals surface area contributed by atoms with Crippen LogP contribution in [-0.4, -0.2) is 45.8 Å². The molecule has 1 unspecified atom stereocenters. The van der Waals surface area contributed by atoms with Crippen molar-refractivity contribution in [1.82, 2.24) is 9.88 Å². The third-order valence-electron chi connectivity index (χ3n) is 2.53. The average Bonchev–Trinajstić information content (AvgIpc) is 2.24. The number of rotatable bonds is 6. The highest BCUT2D eigenvalue weighted by Crippen LogP contribution is 2.15. The molecule has 0 saturated carbocycles. The van der Waals surface area contributed by atoms with Crippen LogP contribution in [0.25, 0.3) is 0 Å². The summed E-state index contributed by atoms with van der Waals surface area (Å²) in [4.78, 5) is 5.78. The summed E-state index contributed by atoms with van der Waals surface area (Å²) >= 11 is 0. The highest BCUT2D eigenvalue weighted by atomic mass is 19.1. The van der Waals surface area contributed by atoms with E-state index in [9.17, 15) is 14.6 Å². The molecule has 0 aromatic carbocycles. The Morgan fingerprint density at radius 1 is 1.44 bits per heavy atom. The van der Waals surface area contributed by atoms with E-state index in [2.05, 4.69) is 4.98 Å². The Bertz CT molecular complexity index is 362. The largest absolute Gasteiger partial charge is 0.389 e. The third kappa shape index (κ3) is 5.53. The van der Waals surface area contributed by atoms with Crippen molar-refractivity contribution in [2.45, 2.75) is 32.0 Å². The zero-order chi connectivity index (χ0) is 13.8. The van der Waals surface area contributed by atoms with E-state index in [0.29, 0.717) is 25.2 Å². The van der Waals surface area contributed by atoms with Gasteiger partial charge in [-0.15, -0.1) is 0 Å². The van der Waals surface area contributed by atoms with Gasteiger partial charge in [-0.1, -0.05) is 0 Å². The molecular weight excluding hydrogens is 235 g/mol. The first-order valence-corrected chi connectivity index (χ1v) is 5.98. The number of halogens is 1. The maximum atomic E-state index is 12.7. The lowest BCUT2D eigenvalue weighted by Gasteiger charge is -2.26. The molecule has 0 aliphatic carbocycles. The molecule has 0 spiro atoms. The van der Waals surface area contributed by atoms with E-state index in [1.807, 2.05) is 11.9 Å². The standard InChI is InChI=1S/C13H21FN2O2/c1-13(2,18)9-16(3)7-6-12(17)11-5-4-10(14)8-15-11/h4-5,8,12,17-18H,6-7,9H2,1-3H3. The van der Waals surface area contributed by atoms with Crippen LogP contribution >= 0.6 is 0 Å². The van der Waals surface area contributed by atoms with Crippen LogP contribution in [0.2, 0.25) is 0 Å². The lowest BCUT2D eigenvalue weighted by molar-refractivity contribution is 0.0391. The smallest absolute Gasteiger partial charge is 0.141 e. The molecule has 0 radical (unpaired) electrons. The summed E-state index contributed by atoms with van der Waals surface area (Å²) in [6.07, 6.45) is 0.875. The van der Waals surface area contributed by atoms with E-state index in [1.54, 1.807) is 13.8 Å². The fourth-order valence-corrected chi connectivity index (χ4v) is 1.81. The van der Waals surface area contributed by atoms with E-state index in [1.165, 1.54) is 12.1 Å². The number of aromatic nitrogens is 1. The van der Waals surface area contributed by atoms with Gasteiger partial charge in [0.15, 0.2) is 0 Å². The van der Waals surface area contributed by atoms with Crippen molar-refractivity contribution < 1.29 is 14.6 Å². The molecule has 0 bridgehead atoms. The van der Waals surface area contributed by atoms with Gasteiger partial charge in [-0.2, -0.15) is 0 Å². The molecular formula is C13H21FN2O2. The molecule has 0 saturated heterocycles. The van der Waals surface area contributed by atoms with Crippen molar-refractivity contribution in [3.8, 4) is 0 Å². The molecule has 0 fully saturated rings. The first-order valence-electron chi connectivity index (χ1n) is 5.98. The van der Waals surface area contributed by atoms with Crippen molar-refractivity contribution >= 4 is 0 Å². The molecule has 1 rings (SSSR count). The summed E-state index contributed by atoms with van der Waals surface area (Å²) in [6, 6.07) is 2.77. The van der Waals surface area contributed by atoms with Crippen molar-refractivity contribution in [3.63, 3.8) is 0 Å². The molecule has 4 nitrogen and oxygen atoms in total. The van der Waals surface area contributed by atoms with Gasteiger partial charge in [0.25, 0.3) is 0 Å². The van der Waals surface area contributed by atoms with Crippen molar-refractivity contribution in [2.75, 3.05) is 20.1 Å². The Labute approximate surface area is 107 Å². The Kier molecular flexibility index (Phi) is 5.19. The molecule has 0 aliphatic rings. The Morgan fingerprint density at radius 2 is 2.11 bits per heavy atom. The van der Waals surface area contributed by atoms with E-state index >= 15 is 0 Å². The quantitative estimate of drug-likeness (QED) is 0.806. The van der Waals surface area contributed by atoms with Gasteiger partial charge in [0.1, 0.15) is 5.82 Å². The molecule has 2 N–H and O–H groups in total. The predicted octanol–water partition coefficient (Wildman–Crippen LogP) is 1.35. The molecule has 102 valence electrons. The molecule has 18 heavy (non-hydrogen) atoms. The van der Waals surface area contributed by atoms with Gasteiger partial charge in [0.05, 0.1) is 23.6 Å². The number of pyridine rings is 1. The third-order valence-corrected chi connectivity index (χ3v) is 2.53. The lowest BCUT2D eigenvalue weighted by atomic mass is 10.1. The van der Waals surface area contributed by atoms with Crippen LogP contribution < -0.4 is 0 Å². The number of aliphatic hydroxyl groups is 2. The van der Waals surface area contributed by atoms with E-state index in [0.717, 1.165) is 6.20 Å². The molecule has 0 amide bonds. The average molecular weight is 256 g/mol. The van der Waals surface area contributed by atoms with E-state index in [4.69, 9.17) is 0 Å². The van der Waals surface area contributed by atoms with Gasteiger partial charge >= 0.3 is 0 Å². The van der Waals surface area contributed by atoms with E-state index < -0.39 is 17.5 Å². The first-order chi connectivity index (χ1) is 8.28. The number of likely N-dealkylation sites (N-methyl/N-ethyl adjacent to an activating group) is 1. The van der Waals surface area contributed by atoms with Gasteiger partial charge in [-0.05, 0) is 39.4 Å². The van der Waals surface area contributed by atoms with Crippen molar-refractivity contribution in [1.29, 1.82) is 0 Å². The Morgan fingerprint density at radius 3 is 2.61 bits per heavy atom. The summed E-state index contributed by atoms with van der Waals surface area (Å²) in [5.74, 6) is -0.412. The zero-order valence-corrected chi connectivity index (χ0v) is 11.1. The Balaban J connectivity index is 2.41. The predicted molar refractivity (Wildman–Crippen MR) is 67.6 cm³/mol. The van der Waals surface area contributed by atoms with Crippen molar-refractivity contribution in [2.24, 2.45) is 0 Å². The summed E-state index contributed by atoms with van der Waals surface area (Å²) in [5, 5.41) is 19.5. The summed E-state index contributed by atoms with van der Waals surface area (Å²) in [6.45, 7) is 4.63. The summed E-state index contributed by atoms with van der Waals surface area (Å²) in [7, 11) is 1.88. The van der Waals surface area contributed by atoms with E-state index in [-0.39, 0.29) is 0 Å². The fourth-order valence-electron chi connectivity index (χ4n) is 1.81. The van der Waals surface area contributed by atoms with Gasteiger partial charge in [-0.3, -0.25) is 4.98 Å². The monoisotopic (exact) mass is 256 g/mol. The molecule has 1 heterocycles. The number of aliphatic hydroxyl groups excluding tert-OH is 1.